The van der Waals surface area contributed by atoms with Gasteiger partial charge in [0, 0.05) is 4.47 Å². The van der Waals surface area contributed by atoms with Crippen LogP contribution in [0.2, 0.25) is 0 Å². The van der Waals surface area contributed by atoms with Crippen LogP contribution >= 0.6 is 31.9 Å². The van der Waals surface area contributed by atoms with Gasteiger partial charge in [0.25, 0.3) is 0 Å². The number of nitrogens with zero attached hydrogens (tertiary/aromatic N) is 2. The molecule has 0 unspecified atom stereocenters. The van der Waals surface area contributed by atoms with Crippen LogP contribution in [0.25, 0.3) is 22.7 Å². The van der Waals surface area contributed by atoms with E-state index >= 15 is 0 Å². The van der Waals surface area contributed by atoms with Gasteiger partial charge in [0.1, 0.15) is 18.5 Å². The topological polar surface area (TPSA) is 70.9 Å². The van der Waals surface area contributed by atoms with Crippen molar-refractivity contribution in [2.24, 2.45) is 0 Å². The molecule has 7 heteroatoms. The summed E-state index contributed by atoms with van der Waals surface area (Å²) in [4.78, 5) is 7.81. The Morgan fingerprint density at radius 1 is 1.09 bits per heavy atom. The number of aromatic amines is 1. The first kappa shape index (κ1) is 23.1. The van der Waals surface area contributed by atoms with E-state index in [0.717, 1.165) is 36.7 Å². The van der Waals surface area contributed by atoms with Gasteiger partial charge in [0.15, 0.2) is 11.5 Å². The molecule has 0 fully saturated rings. The van der Waals surface area contributed by atoms with Gasteiger partial charge in [-0.1, -0.05) is 34.1 Å². The van der Waals surface area contributed by atoms with Crippen molar-refractivity contribution in [1.29, 1.82) is 5.26 Å². The lowest BCUT2D eigenvalue weighted by atomic mass is 10.1. The van der Waals surface area contributed by atoms with Crippen molar-refractivity contribution in [1.82, 2.24) is 9.97 Å². The first-order chi connectivity index (χ1) is 16.0. The lowest BCUT2D eigenvalue weighted by Crippen LogP contribution is -2.01. The van der Waals surface area contributed by atoms with Gasteiger partial charge in [-0.3, -0.25) is 0 Å². The number of fused-ring (bicyclic) bond motifs is 1. The van der Waals surface area contributed by atoms with Crippen LogP contribution in [-0.4, -0.2) is 16.6 Å². The predicted molar refractivity (Wildman–Crippen MR) is 138 cm³/mol. The number of hydrogen-bond acceptors (Lipinski definition) is 4. The lowest BCUT2D eigenvalue weighted by Gasteiger charge is -2.15. The summed E-state index contributed by atoms with van der Waals surface area (Å²) < 4.78 is 13.7. The molecule has 0 amide bonds. The highest BCUT2D eigenvalue weighted by Crippen LogP contribution is 2.38. The highest BCUT2D eigenvalue weighted by molar-refractivity contribution is 9.10. The van der Waals surface area contributed by atoms with Gasteiger partial charge in [-0.25, -0.2) is 4.98 Å². The van der Waals surface area contributed by atoms with E-state index in [1.165, 1.54) is 0 Å². The summed E-state index contributed by atoms with van der Waals surface area (Å²) in [6.45, 7) is 4.84. The third kappa shape index (κ3) is 5.47. The van der Waals surface area contributed by atoms with E-state index in [-0.39, 0.29) is 0 Å². The Kier molecular flexibility index (Phi) is 7.17. The van der Waals surface area contributed by atoms with Crippen molar-refractivity contribution in [3.63, 3.8) is 0 Å². The predicted octanol–water partition coefficient (Wildman–Crippen LogP) is 7.44. The van der Waals surface area contributed by atoms with E-state index < -0.39 is 0 Å². The molecule has 1 aromatic heterocycles. The summed E-state index contributed by atoms with van der Waals surface area (Å²) in [6.07, 6.45) is 1.79. The SMILES string of the molecule is CCOc1cc(/C=C(/C#N)c2nc3ccc(C)cc3[nH]2)cc(Br)c1OCc1ccc(Br)cc1. The van der Waals surface area contributed by atoms with Crippen LogP contribution in [0, 0.1) is 18.3 Å². The van der Waals surface area contributed by atoms with Crippen LogP contribution in [-0.2, 0) is 6.61 Å². The van der Waals surface area contributed by atoms with E-state index in [9.17, 15) is 5.26 Å². The molecule has 0 bridgehead atoms. The second-order valence-electron chi connectivity index (χ2n) is 7.45. The molecule has 0 saturated carbocycles. The zero-order chi connectivity index (χ0) is 23.4. The molecular formula is C26H21Br2N3O2. The van der Waals surface area contributed by atoms with E-state index in [0.29, 0.717) is 36.1 Å². The van der Waals surface area contributed by atoms with Crippen molar-refractivity contribution in [3.05, 3.63) is 86.1 Å². The number of nitrogens with one attached hydrogen (secondary N) is 1. The molecule has 4 aromatic rings. The van der Waals surface area contributed by atoms with Gasteiger partial charge in [-0.15, -0.1) is 0 Å². The van der Waals surface area contributed by atoms with Crippen molar-refractivity contribution < 1.29 is 9.47 Å². The number of halogens is 2. The van der Waals surface area contributed by atoms with Gasteiger partial charge >= 0.3 is 0 Å². The molecule has 166 valence electrons. The van der Waals surface area contributed by atoms with Crippen molar-refractivity contribution in [2.45, 2.75) is 20.5 Å². The van der Waals surface area contributed by atoms with Gasteiger partial charge in [-0.2, -0.15) is 5.26 Å². The van der Waals surface area contributed by atoms with Crippen LogP contribution in [0.15, 0.2) is 63.5 Å². The highest BCUT2D eigenvalue weighted by atomic mass is 79.9. The number of allylic oxidation sites excluding steroid dienone is 1. The summed E-state index contributed by atoms with van der Waals surface area (Å²) in [6, 6.07) is 20.0. The Labute approximate surface area is 209 Å². The quantitative estimate of drug-likeness (QED) is 0.236. The zero-order valence-corrected chi connectivity index (χ0v) is 21.3. The number of H-pyrrole nitrogens is 1. The number of rotatable bonds is 7. The van der Waals surface area contributed by atoms with E-state index in [1.54, 1.807) is 6.08 Å². The Bertz CT molecular complexity index is 1370. The van der Waals surface area contributed by atoms with Crippen molar-refractivity contribution in [2.75, 3.05) is 6.61 Å². The monoisotopic (exact) mass is 565 g/mol. The fraction of sp³-hybridized carbons (Fsp3) is 0.154. The molecule has 5 nitrogen and oxygen atoms in total. The molecule has 1 heterocycles. The Balaban J connectivity index is 1.65. The van der Waals surface area contributed by atoms with E-state index in [1.807, 2.05) is 68.4 Å². The number of aromatic nitrogens is 2. The molecule has 0 spiro atoms. The average molecular weight is 567 g/mol. The van der Waals surface area contributed by atoms with Crippen LogP contribution in [0.5, 0.6) is 11.5 Å². The minimum atomic E-state index is 0.406. The fourth-order valence-electron chi connectivity index (χ4n) is 3.38. The Hall–Kier alpha value is -3.08. The maximum atomic E-state index is 9.80. The molecule has 0 saturated heterocycles. The summed E-state index contributed by atoms with van der Waals surface area (Å²) in [5.74, 6) is 1.75. The number of nitriles is 1. The summed E-state index contributed by atoms with van der Waals surface area (Å²) >= 11 is 7.05. The first-order valence-corrected chi connectivity index (χ1v) is 12.0. The molecule has 0 aliphatic carbocycles. The Morgan fingerprint density at radius 2 is 1.88 bits per heavy atom. The van der Waals surface area contributed by atoms with Crippen LogP contribution < -0.4 is 9.47 Å². The summed E-state index contributed by atoms with van der Waals surface area (Å²) in [5.41, 5.74) is 5.13. The standard InChI is InChI=1S/C26H21Br2N3O2/c1-3-32-24-13-18(12-21(28)25(24)33-15-17-5-7-20(27)8-6-17)11-19(14-29)26-30-22-9-4-16(2)10-23(22)31-26/h4-13H,3,15H2,1-2H3,(H,30,31)/b19-11-. The first-order valence-electron chi connectivity index (χ1n) is 10.4. The number of ether oxygens (including phenoxy) is 2. The third-order valence-corrected chi connectivity index (χ3v) is 6.07. The summed E-state index contributed by atoms with van der Waals surface area (Å²) in [7, 11) is 0. The van der Waals surface area contributed by atoms with Gasteiger partial charge in [0.05, 0.1) is 27.7 Å². The highest BCUT2D eigenvalue weighted by Gasteiger charge is 2.14. The minimum absolute atomic E-state index is 0.406. The lowest BCUT2D eigenvalue weighted by molar-refractivity contribution is 0.267. The second-order valence-corrected chi connectivity index (χ2v) is 9.22. The molecule has 3 aromatic carbocycles. The molecule has 33 heavy (non-hydrogen) atoms. The molecule has 1 N–H and O–H groups in total. The fourth-order valence-corrected chi connectivity index (χ4v) is 4.22. The van der Waals surface area contributed by atoms with Crippen LogP contribution in [0.3, 0.4) is 0 Å². The number of aryl methyl sites for hydroxylation is 1. The largest absolute Gasteiger partial charge is 0.490 e. The van der Waals surface area contributed by atoms with E-state index in [2.05, 4.69) is 47.9 Å². The molecule has 0 aliphatic heterocycles. The molecule has 0 atom stereocenters. The van der Waals surface area contributed by atoms with Crippen LogP contribution in [0.4, 0.5) is 0 Å². The Morgan fingerprint density at radius 3 is 2.61 bits per heavy atom. The maximum Gasteiger partial charge on any atom is 0.175 e. The molecule has 4 rings (SSSR count). The van der Waals surface area contributed by atoms with Gasteiger partial charge < -0.3 is 14.5 Å². The normalized spacial score (nSPS) is 11.4. The van der Waals surface area contributed by atoms with Gasteiger partial charge in [-0.05, 0) is 88.9 Å². The molecular weight excluding hydrogens is 546 g/mol. The maximum absolute atomic E-state index is 9.80. The minimum Gasteiger partial charge on any atom is -0.490 e. The zero-order valence-electron chi connectivity index (χ0n) is 18.2. The molecule has 0 radical (unpaired) electrons. The van der Waals surface area contributed by atoms with Gasteiger partial charge in [0.2, 0.25) is 0 Å². The molecule has 0 aliphatic rings. The number of hydrogen-bond donors (Lipinski definition) is 1. The smallest absolute Gasteiger partial charge is 0.175 e. The number of benzene rings is 3. The average Bonchev–Trinajstić information content (AvgIpc) is 3.21. The summed E-state index contributed by atoms with van der Waals surface area (Å²) in [5, 5.41) is 9.80. The van der Waals surface area contributed by atoms with Crippen LogP contribution in [0.1, 0.15) is 29.4 Å². The van der Waals surface area contributed by atoms with Crippen molar-refractivity contribution in [3.8, 4) is 17.6 Å². The van der Waals surface area contributed by atoms with E-state index in [4.69, 9.17) is 9.47 Å². The number of imidazole rings is 1. The third-order valence-electron chi connectivity index (χ3n) is 4.95. The second kappa shape index (κ2) is 10.2. The van der Waals surface area contributed by atoms with Crippen molar-refractivity contribution >= 4 is 54.5 Å².